The molecule has 2 aromatic carbocycles. The number of hydrogen-bond donors (Lipinski definition) is 2. The van der Waals surface area contributed by atoms with Gasteiger partial charge in [-0.3, -0.25) is 0 Å². The van der Waals surface area contributed by atoms with Crippen molar-refractivity contribution in [2.45, 2.75) is 41.5 Å². The van der Waals surface area contributed by atoms with E-state index < -0.39 is 0 Å². The highest BCUT2D eigenvalue weighted by atomic mass is 15.3. The van der Waals surface area contributed by atoms with Gasteiger partial charge in [0, 0.05) is 11.1 Å². The molecule has 0 aliphatic carbocycles. The van der Waals surface area contributed by atoms with Gasteiger partial charge in [0.1, 0.15) is 0 Å². The summed E-state index contributed by atoms with van der Waals surface area (Å²) in [4.78, 5) is 0. The van der Waals surface area contributed by atoms with Crippen LogP contribution in [-0.4, -0.2) is 11.7 Å². The maximum Gasteiger partial charge on any atom is 0.153 e. The lowest BCUT2D eigenvalue weighted by molar-refractivity contribution is 1.19. The van der Waals surface area contributed by atoms with Crippen LogP contribution in [0.25, 0.3) is 0 Å². The minimum absolute atomic E-state index is 0.361. The largest absolute Gasteiger partial charge is 0.382 e. The predicted octanol–water partition coefficient (Wildman–Crippen LogP) is 4.38. The number of nitrogens with zero attached hydrogens (tertiary/aromatic N) is 2. The van der Waals surface area contributed by atoms with Gasteiger partial charge in [-0.15, -0.1) is 10.2 Å². The van der Waals surface area contributed by atoms with Gasteiger partial charge in [-0.1, -0.05) is 76.2 Å². The Bertz CT molecular complexity index is 613. The zero-order valence-corrected chi connectivity index (χ0v) is 15.7. The Morgan fingerprint density at radius 3 is 1.21 bits per heavy atom. The fourth-order valence-electron chi connectivity index (χ4n) is 1.94. The molecule has 0 heterocycles. The minimum Gasteiger partial charge on any atom is -0.382 e. The molecule has 4 N–H and O–H groups in total. The second-order valence-electron chi connectivity index (χ2n) is 4.60. The van der Waals surface area contributed by atoms with Gasteiger partial charge in [0.2, 0.25) is 0 Å². The summed E-state index contributed by atoms with van der Waals surface area (Å²) in [7, 11) is 0. The summed E-state index contributed by atoms with van der Waals surface area (Å²) >= 11 is 0. The third-order valence-electron chi connectivity index (χ3n) is 3.11. The van der Waals surface area contributed by atoms with Gasteiger partial charge in [0.15, 0.2) is 11.7 Å². The fraction of sp³-hybridized carbons (Fsp3) is 0.300. The van der Waals surface area contributed by atoms with Crippen LogP contribution in [0, 0.1) is 13.8 Å². The third kappa shape index (κ3) is 6.24. The molecule has 130 valence electrons. The molecule has 2 rings (SSSR count). The van der Waals surface area contributed by atoms with Crippen molar-refractivity contribution in [2.24, 2.45) is 21.7 Å². The van der Waals surface area contributed by atoms with Crippen LogP contribution in [0.15, 0.2) is 58.7 Å². The van der Waals surface area contributed by atoms with Crippen molar-refractivity contribution >= 4 is 11.7 Å². The summed E-state index contributed by atoms with van der Waals surface area (Å²) in [5, 5.41) is 8.06. The quantitative estimate of drug-likeness (QED) is 0.499. The van der Waals surface area contributed by atoms with Crippen molar-refractivity contribution in [2.75, 3.05) is 0 Å². The van der Waals surface area contributed by atoms with Crippen LogP contribution in [0.2, 0.25) is 0 Å². The zero-order valence-electron chi connectivity index (χ0n) is 15.7. The Labute approximate surface area is 146 Å². The number of benzene rings is 2. The van der Waals surface area contributed by atoms with Gasteiger partial charge < -0.3 is 11.5 Å². The molecule has 0 aliphatic heterocycles. The topological polar surface area (TPSA) is 76.8 Å². The molecule has 0 radical (unpaired) electrons. The summed E-state index contributed by atoms with van der Waals surface area (Å²) in [5.74, 6) is 0.722. The van der Waals surface area contributed by atoms with Crippen LogP contribution in [-0.2, 0) is 0 Å². The van der Waals surface area contributed by atoms with E-state index in [0.29, 0.717) is 11.7 Å². The van der Waals surface area contributed by atoms with E-state index in [1.165, 1.54) is 0 Å². The molecule has 0 atom stereocenters. The van der Waals surface area contributed by atoms with Gasteiger partial charge in [-0.05, 0) is 25.0 Å². The second-order valence-corrected chi connectivity index (χ2v) is 4.60. The van der Waals surface area contributed by atoms with E-state index in [9.17, 15) is 0 Å². The molecule has 0 saturated heterocycles. The number of amidine groups is 2. The molecule has 24 heavy (non-hydrogen) atoms. The maximum atomic E-state index is 5.95. The van der Waals surface area contributed by atoms with E-state index >= 15 is 0 Å². The SMILES string of the molecule is CC.CC.Cc1ccccc1/C(N)=N/N=C(\N)c1ccccc1C. The molecule has 0 unspecified atom stereocenters. The number of nitrogens with two attached hydrogens (primary N) is 2. The van der Waals surface area contributed by atoms with E-state index in [1.54, 1.807) is 0 Å². The Morgan fingerprint density at radius 1 is 0.625 bits per heavy atom. The highest BCUT2D eigenvalue weighted by Gasteiger charge is 2.03. The normalized spacial score (nSPS) is 10.9. The lowest BCUT2D eigenvalue weighted by atomic mass is 10.1. The van der Waals surface area contributed by atoms with Crippen molar-refractivity contribution in [1.82, 2.24) is 0 Å². The molecule has 0 aliphatic rings. The molecule has 4 heteroatoms. The predicted molar refractivity (Wildman–Crippen MR) is 107 cm³/mol. The Kier molecular flexibility index (Phi) is 10.6. The molecular formula is C20H30N4. The van der Waals surface area contributed by atoms with Crippen molar-refractivity contribution in [3.63, 3.8) is 0 Å². The van der Waals surface area contributed by atoms with Crippen LogP contribution < -0.4 is 11.5 Å². The number of hydrogen-bond acceptors (Lipinski definition) is 2. The van der Waals surface area contributed by atoms with Crippen LogP contribution in [0.5, 0.6) is 0 Å². The highest BCUT2D eigenvalue weighted by molar-refractivity contribution is 6.01. The Balaban J connectivity index is 0.00000123. The lowest BCUT2D eigenvalue weighted by Gasteiger charge is -2.04. The minimum atomic E-state index is 0.361. The summed E-state index contributed by atoms with van der Waals surface area (Å²) in [6.45, 7) is 12.0. The molecule has 0 bridgehead atoms. The smallest absolute Gasteiger partial charge is 0.153 e. The zero-order chi connectivity index (χ0) is 18.5. The highest BCUT2D eigenvalue weighted by Crippen LogP contribution is 2.08. The molecule has 2 aromatic rings. The van der Waals surface area contributed by atoms with E-state index in [0.717, 1.165) is 22.3 Å². The average molecular weight is 326 g/mol. The van der Waals surface area contributed by atoms with E-state index in [-0.39, 0.29) is 0 Å². The van der Waals surface area contributed by atoms with Crippen molar-refractivity contribution in [1.29, 1.82) is 0 Å². The Hall–Kier alpha value is -2.62. The van der Waals surface area contributed by atoms with Gasteiger partial charge in [-0.2, -0.15) is 0 Å². The first-order valence-corrected chi connectivity index (χ1v) is 8.38. The summed E-state index contributed by atoms with van der Waals surface area (Å²) in [5.41, 5.74) is 15.7. The maximum absolute atomic E-state index is 5.95. The number of rotatable bonds is 3. The molecule has 4 nitrogen and oxygen atoms in total. The van der Waals surface area contributed by atoms with Crippen molar-refractivity contribution in [3.05, 3.63) is 70.8 Å². The molecule has 0 fully saturated rings. The van der Waals surface area contributed by atoms with Gasteiger partial charge in [0.05, 0.1) is 0 Å². The molecule has 0 saturated carbocycles. The summed E-state index contributed by atoms with van der Waals surface area (Å²) in [6, 6.07) is 15.5. The summed E-state index contributed by atoms with van der Waals surface area (Å²) < 4.78 is 0. The molecule has 0 aromatic heterocycles. The molecule has 0 spiro atoms. The third-order valence-corrected chi connectivity index (χ3v) is 3.11. The second kappa shape index (κ2) is 11.9. The first kappa shape index (κ1) is 21.4. The van der Waals surface area contributed by atoms with Crippen LogP contribution in [0.4, 0.5) is 0 Å². The van der Waals surface area contributed by atoms with E-state index in [2.05, 4.69) is 10.2 Å². The lowest BCUT2D eigenvalue weighted by Crippen LogP contribution is -2.17. The van der Waals surface area contributed by atoms with Crippen molar-refractivity contribution < 1.29 is 0 Å². The van der Waals surface area contributed by atoms with Crippen LogP contribution in [0.1, 0.15) is 49.9 Å². The average Bonchev–Trinajstić information content (AvgIpc) is 2.63. The first-order chi connectivity index (χ1) is 11.6. The summed E-state index contributed by atoms with van der Waals surface area (Å²) in [6.07, 6.45) is 0. The first-order valence-electron chi connectivity index (χ1n) is 8.38. The number of aryl methyl sites for hydroxylation is 2. The van der Waals surface area contributed by atoms with E-state index in [1.807, 2.05) is 90.1 Å². The van der Waals surface area contributed by atoms with Gasteiger partial charge in [-0.25, -0.2) is 0 Å². The van der Waals surface area contributed by atoms with Crippen LogP contribution >= 0.6 is 0 Å². The standard InChI is InChI=1S/C16H18N4.2C2H6/c1-11-7-3-5-9-13(11)15(17)19-20-16(18)14-10-6-4-8-12(14)2;2*1-2/h3-10H,1-2H3,(H2,17,19)(H2,18,20);2*1-2H3. The van der Waals surface area contributed by atoms with E-state index in [4.69, 9.17) is 11.5 Å². The van der Waals surface area contributed by atoms with Gasteiger partial charge >= 0.3 is 0 Å². The van der Waals surface area contributed by atoms with Crippen LogP contribution in [0.3, 0.4) is 0 Å². The molecule has 0 amide bonds. The fourth-order valence-corrected chi connectivity index (χ4v) is 1.94. The Morgan fingerprint density at radius 2 is 0.917 bits per heavy atom. The molecular weight excluding hydrogens is 296 g/mol. The van der Waals surface area contributed by atoms with Crippen molar-refractivity contribution in [3.8, 4) is 0 Å². The monoisotopic (exact) mass is 326 g/mol. The van der Waals surface area contributed by atoms with Gasteiger partial charge in [0.25, 0.3) is 0 Å².